The van der Waals surface area contributed by atoms with Crippen molar-refractivity contribution in [3.8, 4) is 0 Å². The highest BCUT2D eigenvalue weighted by Gasteiger charge is 2.47. The summed E-state index contributed by atoms with van der Waals surface area (Å²) in [7, 11) is 0. The van der Waals surface area contributed by atoms with Crippen LogP contribution in [0.4, 0.5) is 0 Å². The molecule has 0 saturated carbocycles. The molecular formula is C20H21N3O5. The average Bonchev–Trinajstić information content (AvgIpc) is 3.24. The molecule has 1 aliphatic carbocycles. The predicted molar refractivity (Wildman–Crippen MR) is 98.2 cm³/mol. The van der Waals surface area contributed by atoms with E-state index >= 15 is 0 Å². The number of ether oxygens (including phenoxy) is 1. The fraction of sp³-hybridized carbons (Fsp3) is 0.400. The van der Waals surface area contributed by atoms with E-state index in [1.165, 1.54) is 17.5 Å². The van der Waals surface area contributed by atoms with E-state index in [4.69, 9.17) is 4.74 Å². The Morgan fingerprint density at radius 1 is 1.11 bits per heavy atom. The first-order valence-corrected chi connectivity index (χ1v) is 9.31. The maximum atomic E-state index is 10.8. The Labute approximate surface area is 160 Å². The van der Waals surface area contributed by atoms with Crippen molar-refractivity contribution in [1.29, 1.82) is 0 Å². The molecule has 8 heteroatoms. The summed E-state index contributed by atoms with van der Waals surface area (Å²) in [6.07, 6.45) is -0.433. The molecule has 3 heterocycles. The third-order valence-electron chi connectivity index (χ3n) is 5.84. The molecule has 0 radical (unpaired) electrons. The minimum absolute atomic E-state index is 0.237. The van der Waals surface area contributed by atoms with Crippen molar-refractivity contribution in [2.45, 2.75) is 50.1 Å². The Morgan fingerprint density at radius 3 is 2.64 bits per heavy atom. The minimum Gasteiger partial charge on any atom is -0.390 e. The Bertz CT molecular complexity index is 1040. The van der Waals surface area contributed by atoms with E-state index in [9.17, 15) is 20.4 Å². The Morgan fingerprint density at radius 2 is 1.93 bits per heavy atom. The van der Waals surface area contributed by atoms with Gasteiger partial charge in [-0.2, -0.15) is 0 Å². The molecule has 1 aromatic carbocycles. The van der Waals surface area contributed by atoms with E-state index in [-0.39, 0.29) is 6.61 Å². The number of aliphatic hydroxyl groups is 4. The largest absolute Gasteiger partial charge is 0.390 e. The van der Waals surface area contributed by atoms with Crippen LogP contribution in [0.5, 0.6) is 0 Å². The molecule has 0 spiro atoms. The van der Waals surface area contributed by atoms with Crippen LogP contribution in [0.3, 0.4) is 0 Å². The van der Waals surface area contributed by atoms with Gasteiger partial charge in [0, 0.05) is 11.6 Å². The molecule has 2 aromatic heterocycles. The zero-order chi connectivity index (χ0) is 19.4. The lowest BCUT2D eigenvalue weighted by molar-refractivity contribution is -0.0848. The summed E-state index contributed by atoms with van der Waals surface area (Å²) >= 11 is 0. The van der Waals surface area contributed by atoms with Crippen LogP contribution in [-0.2, 0) is 24.2 Å². The van der Waals surface area contributed by atoms with E-state index < -0.39 is 30.6 Å². The van der Waals surface area contributed by atoms with E-state index in [0.717, 1.165) is 12.8 Å². The zero-order valence-corrected chi connectivity index (χ0v) is 15.0. The molecule has 5 rings (SSSR count). The van der Waals surface area contributed by atoms with Crippen LogP contribution in [-0.4, -0.2) is 53.3 Å². The van der Waals surface area contributed by atoms with Crippen molar-refractivity contribution >= 4 is 11.0 Å². The molecule has 4 N–H and O–H groups in total. The summed E-state index contributed by atoms with van der Waals surface area (Å²) in [6.45, 7) is -0.237. The van der Waals surface area contributed by atoms with Gasteiger partial charge in [0.15, 0.2) is 6.23 Å². The summed E-state index contributed by atoms with van der Waals surface area (Å²) in [6, 6.07) is 7.48. The maximum Gasteiger partial charge on any atom is 0.164 e. The summed E-state index contributed by atoms with van der Waals surface area (Å²) in [4.78, 5) is 8.25. The number of aromatic nitrogens is 3. The van der Waals surface area contributed by atoms with Crippen molar-refractivity contribution in [3.63, 3.8) is 0 Å². The third kappa shape index (κ3) is 2.57. The molecule has 1 fully saturated rings. The average molecular weight is 383 g/mol. The van der Waals surface area contributed by atoms with Crippen molar-refractivity contribution in [3.05, 3.63) is 59.2 Å². The lowest BCUT2D eigenvalue weighted by Gasteiger charge is -2.25. The first kappa shape index (κ1) is 17.7. The normalized spacial score (nSPS) is 27.6. The van der Waals surface area contributed by atoms with Crippen molar-refractivity contribution < 1.29 is 25.2 Å². The second-order valence-electron chi connectivity index (χ2n) is 7.38. The Balaban J connectivity index is 1.46. The molecular weight excluding hydrogens is 362 g/mol. The maximum absolute atomic E-state index is 10.8. The predicted octanol–water partition coefficient (Wildman–Crippen LogP) is 0.375. The second kappa shape index (κ2) is 6.61. The Kier molecular flexibility index (Phi) is 4.18. The van der Waals surface area contributed by atoms with E-state index in [0.29, 0.717) is 22.3 Å². The van der Waals surface area contributed by atoms with Gasteiger partial charge in [-0.1, -0.05) is 18.2 Å². The number of aliphatic hydroxyl groups excluding tert-OH is 4. The van der Waals surface area contributed by atoms with Gasteiger partial charge in [0.2, 0.25) is 0 Å². The summed E-state index contributed by atoms with van der Waals surface area (Å²) in [5.41, 5.74) is 4.09. The van der Waals surface area contributed by atoms with Gasteiger partial charge in [0.05, 0.1) is 12.3 Å². The molecule has 1 saturated heterocycles. The van der Waals surface area contributed by atoms with E-state index in [2.05, 4.69) is 9.97 Å². The highest BCUT2D eigenvalue weighted by Crippen LogP contribution is 2.38. The van der Waals surface area contributed by atoms with Crippen LogP contribution in [0.25, 0.3) is 11.0 Å². The molecule has 2 aliphatic rings. The highest BCUT2D eigenvalue weighted by atomic mass is 16.6. The minimum atomic E-state index is -1.26. The van der Waals surface area contributed by atoms with Crippen molar-refractivity contribution in [2.75, 3.05) is 0 Å². The first-order valence-electron chi connectivity index (χ1n) is 9.31. The highest BCUT2D eigenvalue weighted by molar-refractivity contribution is 5.78. The van der Waals surface area contributed by atoms with Gasteiger partial charge in [-0.25, -0.2) is 9.97 Å². The molecule has 1 unspecified atom stereocenters. The third-order valence-corrected chi connectivity index (χ3v) is 5.84. The van der Waals surface area contributed by atoms with Gasteiger partial charge in [0.25, 0.3) is 0 Å². The van der Waals surface area contributed by atoms with Crippen LogP contribution in [0.1, 0.15) is 34.7 Å². The van der Waals surface area contributed by atoms with E-state index in [1.54, 1.807) is 16.8 Å². The standard InChI is InChI=1S/C20H21N3O5/c24-8-14-13-5-6-23(19(13)22-9-21-14)20-17(27)16(26)18(28-20)15(25)12-4-2-10-1-3-11(10)7-12/h2,4-7,9,15-18,20,24-27H,1,3,8H2/t15?,16-,17+,18+,20+/m0/s1. The molecule has 146 valence electrons. The number of rotatable bonds is 4. The van der Waals surface area contributed by atoms with Gasteiger partial charge in [-0.05, 0) is 35.6 Å². The first-order chi connectivity index (χ1) is 13.6. The smallest absolute Gasteiger partial charge is 0.164 e. The molecule has 5 atom stereocenters. The number of fused-ring (bicyclic) bond motifs is 2. The molecule has 0 bridgehead atoms. The fourth-order valence-electron chi connectivity index (χ4n) is 4.12. The lowest BCUT2D eigenvalue weighted by Crippen LogP contribution is -2.35. The van der Waals surface area contributed by atoms with Gasteiger partial charge in [0.1, 0.15) is 36.4 Å². The van der Waals surface area contributed by atoms with Gasteiger partial charge < -0.3 is 29.7 Å². The summed E-state index contributed by atoms with van der Waals surface area (Å²) in [5.74, 6) is 0. The lowest BCUT2D eigenvalue weighted by atomic mass is 9.85. The molecule has 3 aromatic rings. The van der Waals surface area contributed by atoms with Gasteiger partial charge in [-0.15, -0.1) is 0 Å². The Hall–Kier alpha value is -2.36. The quantitative estimate of drug-likeness (QED) is 0.514. The van der Waals surface area contributed by atoms with Crippen molar-refractivity contribution in [1.82, 2.24) is 14.5 Å². The van der Waals surface area contributed by atoms with Crippen LogP contribution < -0.4 is 0 Å². The van der Waals surface area contributed by atoms with E-state index in [1.807, 2.05) is 18.2 Å². The molecule has 28 heavy (non-hydrogen) atoms. The van der Waals surface area contributed by atoms with Crippen LogP contribution in [0, 0.1) is 0 Å². The molecule has 8 nitrogen and oxygen atoms in total. The van der Waals surface area contributed by atoms with Gasteiger partial charge >= 0.3 is 0 Å². The number of aryl methyl sites for hydroxylation is 2. The number of nitrogens with zero attached hydrogens (tertiary/aromatic N) is 3. The van der Waals surface area contributed by atoms with Crippen LogP contribution >= 0.6 is 0 Å². The number of hydrogen-bond acceptors (Lipinski definition) is 7. The van der Waals surface area contributed by atoms with Crippen molar-refractivity contribution in [2.24, 2.45) is 0 Å². The van der Waals surface area contributed by atoms with Gasteiger partial charge in [-0.3, -0.25) is 0 Å². The van der Waals surface area contributed by atoms with Crippen LogP contribution in [0.15, 0.2) is 36.8 Å². The monoisotopic (exact) mass is 383 g/mol. The second-order valence-corrected chi connectivity index (χ2v) is 7.38. The fourth-order valence-corrected chi connectivity index (χ4v) is 4.12. The SMILES string of the molecule is OCc1ncnc2c1ccn2[C@@H]1O[C@H](C(O)c2ccc3c(c2)CC3)[C@@H](O)[C@H]1O. The summed E-state index contributed by atoms with van der Waals surface area (Å²) in [5, 5.41) is 42.0. The zero-order valence-electron chi connectivity index (χ0n) is 15.0. The topological polar surface area (TPSA) is 121 Å². The van der Waals surface area contributed by atoms with Crippen LogP contribution in [0.2, 0.25) is 0 Å². The summed E-state index contributed by atoms with van der Waals surface area (Å²) < 4.78 is 7.50. The number of hydrogen-bond donors (Lipinski definition) is 4. The number of benzene rings is 1. The molecule has 1 aliphatic heterocycles. The molecule has 0 amide bonds.